The molecular weight excluding hydrogens is 408 g/mol. The molecule has 10 heteroatoms. The number of imidazole rings is 1. The quantitative estimate of drug-likeness (QED) is 0.650. The van der Waals surface area contributed by atoms with Gasteiger partial charge in [0.1, 0.15) is 12.2 Å². The van der Waals surface area contributed by atoms with Crippen LogP contribution in [-0.2, 0) is 23.1 Å². The Hall–Kier alpha value is -3.01. The molecule has 5 rings (SSSR count). The van der Waals surface area contributed by atoms with E-state index >= 15 is 0 Å². The largest absolute Gasteiger partial charge is 0.381 e. The number of hydrogen-bond acceptors (Lipinski definition) is 7. The third kappa shape index (κ3) is 3.62. The number of nitrogens with one attached hydrogen (secondary N) is 1. The van der Waals surface area contributed by atoms with E-state index in [1.54, 1.807) is 6.33 Å². The van der Waals surface area contributed by atoms with Crippen molar-refractivity contribution in [3.05, 3.63) is 18.2 Å². The first-order valence-corrected chi connectivity index (χ1v) is 11.4. The molecule has 5 heterocycles. The van der Waals surface area contributed by atoms with Crippen LogP contribution < -0.4 is 5.32 Å². The van der Waals surface area contributed by atoms with Gasteiger partial charge in [-0.2, -0.15) is 5.10 Å². The van der Waals surface area contributed by atoms with E-state index in [1.807, 2.05) is 27.4 Å². The summed E-state index contributed by atoms with van der Waals surface area (Å²) in [5.74, 6) is 1.89. The van der Waals surface area contributed by atoms with Crippen LogP contribution in [0.3, 0.4) is 0 Å². The van der Waals surface area contributed by atoms with E-state index < -0.39 is 0 Å². The number of anilines is 1. The number of amides is 1. The minimum Gasteiger partial charge on any atom is -0.381 e. The molecule has 170 valence electrons. The number of aryl methyl sites for hydroxylation is 2. The molecule has 2 fully saturated rings. The lowest BCUT2D eigenvalue weighted by Crippen LogP contribution is -2.38. The SMILES string of the molecule is CCn1ncc(-c2nc3c(NC4CCN(C(=O)C5CCOCC5)C4)ncnc3n2C)c1C. The minimum atomic E-state index is 0.0962. The van der Waals surface area contributed by atoms with Crippen molar-refractivity contribution < 1.29 is 9.53 Å². The summed E-state index contributed by atoms with van der Waals surface area (Å²) >= 11 is 0. The highest BCUT2D eigenvalue weighted by atomic mass is 16.5. The van der Waals surface area contributed by atoms with E-state index in [4.69, 9.17) is 9.72 Å². The van der Waals surface area contributed by atoms with Crippen LogP contribution >= 0.6 is 0 Å². The molecule has 0 radical (unpaired) electrons. The Morgan fingerprint density at radius 2 is 2.06 bits per heavy atom. The van der Waals surface area contributed by atoms with Gasteiger partial charge in [0, 0.05) is 57.5 Å². The van der Waals surface area contributed by atoms with Crippen LogP contribution in [0.5, 0.6) is 0 Å². The van der Waals surface area contributed by atoms with Gasteiger partial charge in [0.25, 0.3) is 0 Å². The van der Waals surface area contributed by atoms with Gasteiger partial charge in [0.05, 0.1) is 11.8 Å². The molecule has 2 aliphatic heterocycles. The van der Waals surface area contributed by atoms with Gasteiger partial charge in [-0.05, 0) is 33.1 Å². The molecule has 2 aliphatic rings. The molecule has 1 amide bonds. The van der Waals surface area contributed by atoms with Crippen molar-refractivity contribution in [1.82, 2.24) is 34.2 Å². The molecule has 0 spiro atoms. The average molecular weight is 439 g/mol. The number of fused-ring (bicyclic) bond motifs is 1. The van der Waals surface area contributed by atoms with E-state index in [0.717, 1.165) is 60.6 Å². The first kappa shape index (κ1) is 20.9. The van der Waals surface area contributed by atoms with Gasteiger partial charge in [-0.3, -0.25) is 9.48 Å². The van der Waals surface area contributed by atoms with Crippen LogP contribution in [0.2, 0.25) is 0 Å². The Morgan fingerprint density at radius 3 is 2.81 bits per heavy atom. The smallest absolute Gasteiger partial charge is 0.225 e. The number of aromatic nitrogens is 6. The van der Waals surface area contributed by atoms with E-state index in [9.17, 15) is 4.79 Å². The fourth-order valence-corrected chi connectivity index (χ4v) is 4.80. The van der Waals surface area contributed by atoms with Gasteiger partial charge >= 0.3 is 0 Å². The van der Waals surface area contributed by atoms with Crippen molar-refractivity contribution >= 4 is 22.9 Å². The van der Waals surface area contributed by atoms with Crippen LogP contribution in [0, 0.1) is 12.8 Å². The molecule has 1 atom stereocenters. The number of rotatable bonds is 5. The summed E-state index contributed by atoms with van der Waals surface area (Å²) in [4.78, 5) is 28.7. The maximum absolute atomic E-state index is 12.9. The Labute approximate surface area is 187 Å². The molecule has 2 saturated heterocycles. The molecule has 1 N–H and O–H groups in total. The zero-order chi connectivity index (χ0) is 22.2. The summed E-state index contributed by atoms with van der Waals surface area (Å²) in [5.41, 5.74) is 3.58. The third-order valence-corrected chi connectivity index (χ3v) is 6.71. The summed E-state index contributed by atoms with van der Waals surface area (Å²) in [6.07, 6.45) is 5.97. The van der Waals surface area contributed by atoms with Crippen molar-refractivity contribution in [2.45, 2.75) is 45.7 Å². The lowest BCUT2D eigenvalue weighted by atomic mass is 9.99. The highest BCUT2D eigenvalue weighted by Gasteiger charge is 2.32. The molecule has 3 aromatic heterocycles. The third-order valence-electron chi connectivity index (χ3n) is 6.71. The second-order valence-corrected chi connectivity index (χ2v) is 8.65. The van der Waals surface area contributed by atoms with Crippen LogP contribution in [0.15, 0.2) is 12.5 Å². The molecule has 10 nitrogen and oxygen atoms in total. The van der Waals surface area contributed by atoms with Crippen LogP contribution in [-0.4, -0.2) is 72.5 Å². The van der Waals surface area contributed by atoms with Crippen LogP contribution in [0.25, 0.3) is 22.6 Å². The van der Waals surface area contributed by atoms with Gasteiger partial charge in [-0.1, -0.05) is 0 Å². The van der Waals surface area contributed by atoms with Crippen LogP contribution in [0.4, 0.5) is 5.82 Å². The summed E-state index contributed by atoms with van der Waals surface area (Å²) < 4.78 is 9.35. The molecule has 0 saturated carbocycles. The fraction of sp³-hybridized carbons (Fsp3) is 0.591. The molecular formula is C22H30N8O2. The lowest BCUT2D eigenvalue weighted by molar-refractivity contribution is -0.137. The summed E-state index contributed by atoms with van der Waals surface area (Å²) in [5, 5.41) is 7.99. The first-order valence-electron chi connectivity index (χ1n) is 11.4. The van der Waals surface area contributed by atoms with Crippen LogP contribution in [0.1, 0.15) is 31.9 Å². The summed E-state index contributed by atoms with van der Waals surface area (Å²) in [7, 11) is 1.97. The Balaban J connectivity index is 1.36. The summed E-state index contributed by atoms with van der Waals surface area (Å²) in [6, 6.07) is 0.145. The first-order chi connectivity index (χ1) is 15.6. The monoisotopic (exact) mass is 438 g/mol. The topological polar surface area (TPSA) is 103 Å². The van der Waals surface area contributed by atoms with Crippen molar-refractivity contribution in [2.24, 2.45) is 13.0 Å². The standard InChI is InChI=1S/C22H30N8O2/c1-4-30-14(2)17(11-25-30)20-27-18-19(23-13-24-21(18)28(20)3)26-16-5-8-29(12-16)22(31)15-6-9-32-10-7-15/h11,13,15-16H,4-10,12H2,1-3H3,(H,23,24,26). The number of carbonyl (C=O) groups excluding carboxylic acids is 1. The van der Waals surface area contributed by atoms with E-state index in [2.05, 4.69) is 34.2 Å². The van der Waals surface area contributed by atoms with Gasteiger partial charge in [-0.15, -0.1) is 0 Å². The van der Waals surface area contributed by atoms with Crippen molar-refractivity contribution in [1.29, 1.82) is 0 Å². The maximum Gasteiger partial charge on any atom is 0.225 e. The van der Waals surface area contributed by atoms with Gasteiger partial charge in [0.2, 0.25) is 5.91 Å². The van der Waals surface area contributed by atoms with Gasteiger partial charge < -0.3 is 19.5 Å². The molecule has 32 heavy (non-hydrogen) atoms. The zero-order valence-corrected chi connectivity index (χ0v) is 18.9. The molecule has 0 aromatic carbocycles. The predicted octanol–water partition coefficient (Wildman–Crippen LogP) is 1.99. The van der Waals surface area contributed by atoms with Gasteiger partial charge in [-0.25, -0.2) is 15.0 Å². The lowest BCUT2D eigenvalue weighted by Gasteiger charge is -2.26. The van der Waals surface area contributed by atoms with Crippen molar-refractivity contribution in [2.75, 3.05) is 31.6 Å². The normalized spacial score (nSPS) is 19.7. The number of ether oxygens (including phenoxy) is 1. The average Bonchev–Trinajstić information content (AvgIpc) is 3.52. The number of hydrogen-bond donors (Lipinski definition) is 1. The zero-order valence-electron chi connectivity index (χ0n) is 18.9. The molecule has 0 bridgehead atoms. The van der Waals surface area contributed by atoms with E-state index in [1.165, 1.54) is 0 Å². The van der Waals surface area contributed by atoms with Gasteiger partial charge in [0.15, 0.2) is 17.0 Å². The second-order valence-electron chi connectivity index (χ2n) is 8.65. The highest BCUT2D eigenvalue weighted by molar-refractivity contribution is 5.86. The van der Waals surface area contributed by atoms with Crippen molar-refractivity contribution in [3.63, 3.8) is 0 Å². The molecule has 3 aromatic rings. The second kappa shape index (κ2) is 8.50. The number of likely N-dealkylation sites (tertiary alicyclic amines) is 1. The minimum absolute atomic E-state index is 0.0962. The number of carbonyl (C=O) groups is 1. The van der Waals surface area contributed by atoms with E-state index in [0.29, 0.717) is 25.6 Å². The Kier molecular flexibility index (Phi) is 5.54. The summed E-state index contributed by atoms with van der Waals surface area (Å²) in [6.45, 7) is 7.76. The molecule has 1 unspecified atom stereocenters. The fourth-order valence-electron chi connectivity index (χ4n) is 4.80. The van der Waals surface area contributed by atoms with E-state index in [-0.39, 0.29) is 17.9 Å². The van der Waals surface area contributed by atoms with Crippen molar-refractivity contribution in [3.8, 4) is 11.4 Å². The Morgan fingerprint density at radius 1 is 1.25 bits per heavy atom. The highest BCUT2D eigenvalue weighted by Crippen LogP contribution is 2.29. The number of nitrogens with zero attached hydrogens (tertiary/aromatic N) is 7. The Bertz CT molecular complexity index is 1130. The molecule has 0 aliphatic carbocycles. The predicted molar refractivity (Wildman–Crippen MR) is 120 cm³/mol. The maximum atomic E-state index is 12.9.